The number of guanidine groups is 1. The number of hydrogen-bond acceptors (Lipinski definition) is 4. The highest BCUT2D eigenvalue weighted by Gasteiger charge is 2.31. The first-order chi connectivity index (χ1) is 15.1. The monoisotopic (exact) mass is 441 g/mol. The van der Waals surface area contributed by atoms with Crippen LogP contribution in [0.4, 0.5) is 0 Å². The molecule has 0 amide bonds. The van der Waals surface area contributed by atoms with Gasteiger partial charge in [-0.25, -0.2) is 0 Å². The fraction of sp³-hybridized carbons (Fsp3) is 0.560. The maximum atomic E-state index is 4.45. The summed E-state index contributed by atoms with van der Waals surface area (Å²) in [6, 6.07) is 13.9. The number of piperidine rings is 1. The van der Waals surface area contributed by atoms with Crippen LogP contribution in [0.5, 0.6) is 0 Å². The average Bonchev–Trinajstić information content (AvgIpc) is 3.33. The first kappa shape index (κ1) is 23.8. The number of hydrogen-bond donors (Lipinski definition) is 2. The van der Waals surface area contributed by atoms with Gasteiger partial charge in [0.25, 0.3) is 0 Å². The van der Waals surface area contributed by atoms with Crippen LogP contribution in [0.25, 0.3) is 0 Å². The van der Waals surface area contributed by atoms with Crippen LogP contribution in [0, 0.1) is 5.92 Å². The standard InChI is InChI=1S/C25H39N5S/c1-5-30(6-2)19-21-13-11-20(12-14-21)17-27-25(26-3)28-18-22-9-7-15-29(4)24(22)23-10-8-16-31-23/h8,10-14,16,22,24H,5-7,9,15,17-19H2,1-4H3,(H2,26,27,28). The predicted octanol–water partition coefficient (Wildman–Crippen LogP) is 4.34. The molecule has 1 aromatic carbocycles. The van der Waals surface area contributed by atoms with E-state index in [1.807, 2.05) is 18.4 Å². The first-order valence-electron chi connectivity index (χ1n) is 11.6. The van der Waals surface area contributed by atoms with Gasteiger partial charge in [0.15, 0.2) is 5.96 Å². The van der Waals surface area contributed by atoms with E-state index in [0.29, 0.717) is 12.0 Å². The van der Waals surface area contributed by atoms with Crippen LogP contribution in [0.1, 0.15) is 48.7 Å². The Hall–Kier alpha value is -1.89. The molecule has 0 bridgehead atoms. The molecule has 0 spiro atoms. The van der Waals surface area contributed by atoms with Gasteiger partial charge in [-0.3, -0.25) is 14.8 Å². The van der Waals surface area contributed by atoms with Gasteiger partial charge in [0.1, 0.15) is 0 Å². The van der Waals surface area contributed by atoms with E-state index in [4.69, 9.17) is 0 Å². The summed E-state index contributed by atoms with van der Waals surface area (Å²) in [5, 5.41) is 9.26. The highest BCUT2D eigenvalue weighted by Crippen LogP contribution is 2.36. The minimum Gasteiger partial charge on any atom is -0.356 e. The molecule has 0 saturated carbocycles. The van der Waals surface area contributed by atoms with Crippen molar-refractivity contribution in [1.29, 1.82) is 0 Å². The summed E-state index contributed by atoms with van der Waals surface area (Å²) in [4.78, 5) is 10.9. The van der Waals surface area contributed by atoms with Crippen molar-refractivity contribution >= 4 is 17.3 Å². The molecule has 1 aromatic heterocycles. The zero-order valence-electron chi connectivity index (χ0n) is 19.6. The topological polar surface area (TPSA) is 42.9 Å². The van der Waals surface area contributed by atoms with Crippen LogP contribution in [-0.4, -0.2) is 56.0 Å². The SMILES string of the molecule is CCN(CC)Cc1ccc(CNC(=NC)NCC2CCCN(C)C2c2cccs2)cc1. The van der Waals surface area contributed by atoms with Crippen LogP contribution >= 0.6 is 11.3 Å². The first-order valence-corrected chi connectivity index (χ1v) is 12.5. The molecule has 2 atom stereocenters. The third-order valence-corrected chi connectivity index (χ3v) is 7.32. The second-order valence-electron chi connectivity index (χ2n) is 8.43. The molecule has 3 rings (SSSR count). The number of likely N-dealkylation sites (tertiary alicyclic amines) is 1. The van der Waals surface area contributed by atoms with Crippen molar-refractivity contribution in [2.24, 2.45) is 10.9 Å². The van der Waals surface area contributed by atoms with E-state index in [1.54, 1.807) is 0 Å². The fourth-order valence-corrected chi connectivity index (χ4v) is 5.47. The van der Waals surface area contributed by atoms with Crippen molar-refractivity contribution in [3.63, 3.8) is 0 Å². The van der Waals surface area contributed by atoms with Crippen molar-refractivity contribution < 1.29 is 0 Å². The van der Waals surface area contributed by atoms with Gasteiger partial charge in [-0.05, 0) is 68.0 Å². The van der Waals surface area contributed by atoms with Crippen molar-refractivity contribution in [3.8, 4) is 0 Å². The van der Waals surface area contributed by atoms with Crippen LogP contribution < -0.4 is 10.6 Å². The van der Waals surface area contributed by atoms with Gasteiger partial charge < -0.3 is 10.6 Å². The molecular weight excluding hydrogens is 402 g/mol. The van der Waals surface area contributed by atoms with E-state index in [1.165, 1.54) is 35.4 Å². The van der Waals surface area contributed by atoms with Gasteiger partial charge in [0.2, 0.25) is 0 Å². The van der Waals surface area contributed by atoms with Crippen LogP contribution in [0.2, 0.25) is 0 Å². The van der Waals surface area contributed by atoms with E-state index in [9.17, 15) is 0 Å². The molecule has 2 unspecified atom stereocenters. The molecule has 170 valence electrons. The summed E-state index contributed by atoms with van der Waals surface area (Å²) in [5.74, 6) is 1.47. The maximum absolute atomic E-state index is 4.45. The number of benzene rings is 1. The van der Waals surface area contributed by atoms with Gasteiger partial charge >= 0.3 is 0 Å². The minimum absolute atomic E-state index is 0.498. The Kier molecular flexibility index (Phi) is 9.37. The molecule has 1 saturated heterocycles. The Bertz CT molecular complexity index is 783. The van der Waals surface area contributed by atoms with Gasteiger partial charge in [0, 0.05) is 37.6 Å². The number of aliphatic imine (C=N–C) groups is 1. The largest absolute Gasteiger partial charge is 0.356 e. The Morgan fingerprint density at radius 3 is 2.52 bits per heavy atom. The quantitative estimate of drug-likeness (QED) is 0.449. The normalized spacial score (nSPS) is 20.2. The van der Waals surface area contributed by atoms with Gasteiger partial charge in [0.05, 0.1) is 0 Å². The minimum atomic E-state index is 0.498. The zero-order valence-corrected chi connectivity index (χ0v) is 20.4. The summed E-state index contributed by atoms with van der Waals surface area (Å²) >= 11 is 1.87. The molecule has 2 N–H and O–H groups in total. The number of nitrogens with zero attached hydrogens (tertiary/aromatic N) is 3. The van der Waals surface area contributed by atoms with E-state index in [-0.39, 0.29) is 0 Å². The lowest BCUT2D eigenvalue weighted by Gasteiger charge is -2.39. The summed E-state index contributed by atoms with van der Waals surface area (Å²) in [6.45, 7) is 10.5. The molecule has 0 aliphatic carbocycles. The second-order valence-corrected chi connectivity index (χ2v) is 9.41. The highest BCUT2D eigenvalue weighted by molar-refractivity contribution is 7.10. The van der Waals surface area contributed by atoms with E-state index in [2.05, 4.69) is 88.1 Å². The molecule has 1 fully saturated rings. The second kappa shape index (κ2) is 12.2. The molecule has 0 radical (unpaired) electrons. The fourth-order valence-electron chi connectivity index (χ4n) is 4.48. The van der Waals surface area contributed by atoms with Crippen molar-refractivity contribution in [2.75, 3.05) is 40.3 Å². The van der Waals surface area contributed by atoms with Crippen molar-refractivity contribution in [3.05, 3.63) is 57.8 Å². The molecule has 5 nitrogen and oxygen atoms in total. The van der Waals surface area contributed by atoms with Gasteiger partial charge in [-0.2, -0.15) is 0 Å². The lowest BCUT2D eigenvalue weighted by atomic mass is 9.88. The molecule has 2 aromatic rings. The lowest BCUT2D eigenvalue weighted by molar-refractivity contribution is 0.125. The third-order valence-electron chi connectivity index (χ3n) is 6.38. The number of nitrogens with one attached hydrogen (secondary N) is 2. The summed E-state index contributed by atoms with van der Waals surface area (Å²) in [6.07, 6.45) is 2.52. The van der Waals surface area contributed by atoms with Crippen molar-refractivity contribution in [1.82, 2.24) is 20.4 Å². The Morgan fingerprint density at radius 1 is 1.13 bits per heavy atom. The van der Waals surface area contributed by atoms with Crippen LogP contribution in [-0.2, 0) is 13.1 Å². The molecule has 31 heavy (non-hydrogen) atoms. The molecule has 2 heterocycles. The van der Waals surface area contributed by atoms with Gasteiger partial charge in [-0.1, -0.05) is 44.2 Å². The Labute approximate surface area is 192 Å². The van der Waals surface area contributed by atoms with E-state index in [0.717, 1.165) is 38.7 Å². The lowest BCUT2D eigenvalue weighted by Crippen LogP contribution is -2.44. The Balaban J connectivity index is 1.50. The zero-order chi connectivity index (χ0) is 22.1. The van der Waals surface area contributed by atoms with E-state index < -0.39 is 0 Å². The molecule has 1 aliphatic rings. The van der Waals surface area contributed by atoms with Crippen LogP contribution in [0.15, 0.2) is 46.8 Å². The predicted molar refractivity (Wildman–Crippen MR) is 134 cm³/mol. The van der Waals surface area contributed by atoms with Crippen LogP contribution in [0.3, 0.4) is 0 Å². The summed E-state index contributed by atoms with van der Waals surface area (Å²) in [7, 11) is 4.11. The van der Waals surface area contributed by atoms with Gasteiger partial charge in [-0.15, -0.1) is 11.3 Å². The highest BCUT2D eigenvalue weighted by atomic mass is 32.1. The third kappa shape index (κ3) is 6.79. The average molecular weight is 442 g/mol. The maximum Gasteiger partial charge on any atom is 0.191 e. The number of thiophene rings is 1. The molecule has 1 aliphatic heterocycles. The molecule has 6 heteroatoms. The smallest absolute Gasteiger partial charge is 0.191 e. The summed E-state index contributed by atoms with van der Waals surface area (Å²) < 4.78 is 0. The number of rotatable bonds is 9. The molecular formula is C25H39N5S. The van der Waals surface area contributed by atoms with Crippen molar-refractivity contribution in [2.45, 2.75) is 45.8 Å². The van der Waals surface area contributed by atoms with E-state index >= 15 is 0 Å². The summed E-state index contributed by atoms with van der Waals surface area (Å²) in [5.41, 5.74) is 2.65. The Morgan fingerprint density at radius 2 is 1.87 bits per heavy atom.